The second kappa shape index (κ2) is 2.91. The Morgan fingerprint density at radius 2 is 1.87 bits per heavy atom. The van der Waals surface area contributed by atoms with Crippen LogP contribution in [0, 0.1) is 5.92 Å². The fraction of sp³-hybridized carbons (Fsp3) is 0.538. The quantitative estimate of drug-likeness (QED) is 0.690. The zero-order valence-electron chi connectivity index (χ0n) is 8.74. The highest BCUT2D eigenvalue weighted by Crippen LogP contribution is 2.57. The molecule has 15 heavy (non-hydrogen) atoms. The predicted molar refractivity (Wildman–Crippen MR) is 58.0 cm³/mol. The SMILES string of the molecule is Oc1ccc(O)c(C23CCC(CC2)C3)c1. The molecule has 3 rings (SSSR count). The summed E-state index contributed by atoms with van der Waals surface area (Å²) >= 11 is 0. The Morgan fingerprint density at radius 3 is 2.47 bits per heavy atom. The van der Waals surface area contributed by atoms with Gasteiger partial charge in [-0.15, -0.1) is 0 Å². The zero-order chi connectivity index (χ0) is 10.5. The van der Waals surface area contributed by atoms with E-state index in [9.17, 15) is 10.2 Å². The van der Waals surface area contributed by atoms with Crippen LogP contribution in [0.3, 0.4) is 0 Å². The molecule has 2 saturated carbocycles. The van der Waals surface area contributed by atoms with Gasteiger partial charge in [-0.05, 0) is 61.6 Å². The van der Waals surface area contributed by atoms with Gasteiger partial charge in [0, 0.05) is 5.56 Å². The molecular formula is C13H16O2. The molecule has 0 aliphatic heterocycles. The van der Waals surface area contributed by atoms with Crippen molar-refractivity contribution in [2.75, 3.05) is 0 Å². The number of phenolic OH excluding ortho intramolecular Hbond substituents is 2. The number of hydrogen-bond acceptors (Lipinski definition) is 2. The molecule has 1 aromatic carbocycles. The van der Waals surface area contributed by atoms with Crippen molar-refractivity contribution in [2.24, 2.45) is 5.92 Å². The van der Waals surface area contributed by atoms with Crippen LogP contribution < -0.4 is 0 Å². The summed E-state index contributed by atoms with van der Waals surface area (Å²) in [7, 11) is 0. The van der Waals surface area contributed by atoms with E-state index < -0.39 is 0 Å². The van der Waals surface area contributed by atoms with Gasteiger partial charge < -0.3 is 10.2 Å². The molecule has 2 aliphatic rings. The number of rotatable bonds is 1. The molecule has 1 aromatic rings. The maximum absolute atomic E-state index is 9.90. The molecule has 2 aliphatic carbocycles. The average Bonchev–Trinajstić information content (AvgIpc) is 2.82. The van der Waals surface area contributed by atoms with Gasteiger partial charge in [-0.25, -0.2) is 0 Å². The third-order valence-electron chi connectivity index (χ3n) is 4.29. The molecule has 0 atom stereocenters. The van der Waals surface area contributed by atoms with Crippen molar-refractivity contribution in [1.82, 2.24) is 0 Å². The molecule has 2 fully saturated rings. The Kier molecular flexibility index (Phi) is 1.76. The molecule has 2 nitrogen and oxygen atoms in total. The van der Waals surface area contributed by atoms with Gasteiger partial charge in [-0.1, -0.05) is 0 Å². The third-order valence-corrected chi connectivity index (χ3v) is 4.29. The number of fused-ring (bicyclic) bond motifs is 2. The Morgan fingerprint density at radius 1 is 1.13 bits per heavy atom. The monoisotopic (exact) mass is 204 g/mol. The van der Waals surface area contributed by atoms with Crippen LogP contribution in [0.2, 0.25) is 0 Å². The molecule has 2 heteroatoms. The molecule has 0 saturated heterocycles. The standard InChI is InChI=1S/C13H16O2/c14-10-1-2-12(15)11(7-10)13-5-3-9(8-13)4-6-13/h1-2,7,9,14-15H,3-6,8H2. The molecule has 0 spiro atoms. The van der Waals surface area contributed by atoms with E-state index in [0.29, 0.717) is 5.75 Å². The summed E-state index contributed by atoms with van der Waals surface area (Å²) in [6.45, 7) is 0. The van der Waals surface area contributed by atoms with E-state index in [0.717, 1.165) is 11.5 Å². The molecule has 2 bridgehead atoms. The van der Waals surface area contributed by atoms with Crippen molar-refractivity contribution in [2.45, 2.75) is 37.5 Å². The molecule has 80 valence electrons. The third kappa shape index (κ3) is 1.24. The van der Waals surface area contributed by atoms with Crippen LogP contribution in [0.5, 0.6) is 11.5 Å². The van der Waals surface area contributed by atoms with Crippen LogP contribution in [-0.2, 0) is 5.41 Å². The van der Waals surface area contributed by atoms with E-state index in [1.165, 1.54) is 32.1 Å². The lowest BCUT2D eigenvalue weighted by atomic mass is 9.77. The fourth-order valence-corrected chi connectivity index (χ4v) is 3.52. The largest absolute Gasteiger partial charge is 0.508 e. The van der Waals surface area contributed by atoms with E-state index in [2.05, 4.69) is 0 Å². The van der Waals surface area contributed by atoms with Crippen LogP contribution >= 0.6 is 0 Å². The van der Waals surface area contributed by atoms with Crippen LogP contribution in [0.1, 0.15) is 37.7 Å². The van der Waals surface area contributed by atoms with Gasteiger partial charge in [0.15, 0.2) is 0 Å². The van der Waals surface area contributed by atoms with Gasteiger partial charge >= 0.3 is 0 Å². The summed E-state index contributed by atoms with van der Waals surface area (Å²) in [6.07, 6.45) is 6.12. The molecule has 2 N–H and O–H groups in total. The first-order valence-corrected chi connectivity index (χ1v) is 5.72. The molecule has 0 heterocycles. The first-order valence-electron chi connectivity index (χ1n) is 5.72. The average molecular weight is 204 g/mol. The number of hydrogen-bond donors (Lipinski definition) is 2. The maximum atomic E-state index is 9.90. The summed E-state index contributed by atoms with van der Waals surface area (Å²) in [4.78, 5) is 0. The first-order chi connectivity index (χ1) is 7.20. The Bertz CT molecular complexity index is 390. The molecule has 0 radical (unpaired) electrons. The summed E-state index contributed by atoms with van der Waals surface area (Å²) in [6, 6.07) is 4.92. The topological polar surface area (TPSA) is 40.5 Å². The van der Waals surface area contributed by atoms with Gasteiger partial charge in [0.2, 0.25) is 0 Å². The van der Waals surface area contributed by atoms with Gasteiger partial charge in [-0.2, -0.15) is 0 Å². The van der Waals surface area contributed by atoms with E-state index in [-0.39, 0.29) is 11.2 Å². The summed E-state index contributed by atoms with van der Waals surface area (Å²) in [5.41, 5.74) is 1.15. The molecule has 0 aromatic heterocycles. The zero-order valence-corrected chi connectivity index (χ0v) is 8.74. The van der Waals surface area contributed by atoms with Crippen molar-refractivity contribution in [3.05, 3.63) is 23.8 Å². The second-order valence-corrected chi connectivity index (χ2v) is 5.13. The molecule has 0 amide bonds. The van der Waals surface area contributed by atoms with Crippen molar-refractivity contribution in [3.63, 3.8) is 0 Å². The smallest absolute Gasteiger partial charge is 0.119 e. The normalized spacial score (nSPS) is 33.5. The van der Waals surface area contributed by atoms with E-state index in [1.54, 1.807) is 18.2 Å². The van der Waals surface area contributed by atoms with Gasteiger partial charge in [0.1, 0.15) is 11.5 Å². The maximum Gasteiger partial charge on any atom is 0.119 e. The van der Waals surface area contributed by atoms with Gasteiger partial charge in [0.25, 0.3) is 0 Å². The first kappa shape index (κ1) is 9.08. The van der Waals surface area contributed by atoms with Crippen LogP contribution in [0.4, 0.5) is 0 Å². The van der Waals surface area contributed by atoms with E-state index >= 15 is 0 Å². The fourth-order valence-electron chi connectivity index (χ4n) is 3.52. The lowest BCUT2D eigenvalue weighted by molar-refractivity contribution is 0.385. The van der Waals surface area contributed by atoms with Crippen molar-refractivity contribution < 1.29 is 10.2 Å². The minimum Gasteiger partial charge on any atom is -0.508 e. The minimum absolute atomic E-state index is 0.174. The number of phenols is 2. The highest BCUT2D eigenvalue weighted by molar-refractivity contribution is 5.45. The van der Waals surface area contributed by atoms with Crippen LogP contribution in [0.15, 0.2) is 18.2 Å². The summed E-state index contributed by atoms with van der Waals surface area (Å²) in [5, 5.41) is 19.4. The van der Waals surface area contributed by atoms with E-state index in [4.69, 9.17) is 0 Å². The van der Waals surface area contributed by atoms with E-state index in [1.807, 2.05) is 0 Å². The lowest BCUT2D eigenvalue weighted by Crippen LogP contribution is -2.19. The predicted octanol–water partition coefficient (Wildman–Crippen LogP) is 2.93. The van der Waals surface area contributed by atoms with Gasteiger partial charge in [-0.3, -0.25) is 0 Å². The van der Waals surface area contributed by atoms with Crippen LogP contribution in [0.25, 0.3) is 0 Å². The Hall–Kier alpha value is -1.18. The van der Waals surface area contributed by atoms with Crippen molar-refractivity contribution >= 4 is 0 Å². The Balaban J connectivity index is 2.08. The number of benzene rings is 1. The highest BCUT2D eigenvalue weighted by atomic mass is 16.3. The lowest BCUT2D eigenvalue weighted by Gasteiger charge is -2.27. The van der Waals surface area contributed by atoms with Crippen LogP contribution in [-0.4, -0.2) is 10.2 Å². The molecular weight excluding hydrogens is 188 g/mol. The Labute approximate surface area is 89.6 Å². The second-order valence-electron chi connectivity index (χ2n) is 5.13. The summed E-state index contributed by atoms with van der Waals surface area (Å²) in [5.74, 6) is 1.48. The molecule has 0 unspecified atom stereocenters. The van der Waals surface area contributed by atoms with Gasteiger partial charge in [0.05, 0.1) is 0 Å². The highest BCUT2D eigenvalue weighted by Gasteiger charge is 2.47. The van der Waals surface area contributed by atoms with Crippen molar-refractivity contribution in [1.29, 1.82) is 0 Å². The van der Waals surface area contributed by atoms with Crippen molar-refractivity contribution in [3.8, 4) is 11.5 Å². The summed E-state index contributed by atoms with van der Waals surface area (Å²) < 4.78 is 0. The minimum atomic E-state index is 0.174. The number of aromatic hydroxyl groups is 2.